The molecule has 6 nitrogen and oxygen atoms in total. The Morgan fingerprint density at radius 3 is 2.38 bits per heavy atom. The van der Waals surface area contributed by atoms with Gasteiger partial charge in [-0.15, -0.1) is 0 Å². The lowest BCUT2D eigenvalue weighted by Gasteiger charge is -2.60. The van der Waals surface area contributed by atoms with Crippen LogP contribution >= 0.6 is 0 Å². The van der Waals surface area contributed by atoms with Crippen molar-refractivity contribution < 1.29 is 26.9 Å². The number of ether oxygens (including phenoxy) is 1. The first-order valence-corrected chi connectivity index (χ1v) is 16.4. The van der Waals surface area contributed by atoms with Crippen LogP contribution in [0.25, 0.3) is 0 Å². The van der Waals surface area contributed by atoms with Gasteiger partial charge in [0.25, 0.3) is 10.1 Å². The minimum absolute atomic E-state index is 0.0436. The zero-order chi connectivity index (χ0) is 28.2. The monoisotopic (exact) mass is 558 g/mol. The average molecular weight is 559 g/mol. The highest BCUT2D eigenvalue weighted by molar-refractivity contribution is 7.86. The number of ketones is 1. The molecular formula is C32H46O6S. The largest absolute Gasteiger partial charge is 0.469 e. The van der Waals surface area contributed by atoms with Crippen molar-refractivity contribution in [3.8, 4) is 0 Å². The molecule has 4 saturated carbocycles. The Balaban J connectivity index is 1.29. The van der Waals surface area contributed by atoms with E-state index in [9.17, 15) is 18.0 Å². The highest BCUT2D eigenvalue weighted by Gasteiger charge is 2.63. The molecule has 0 radical (unpaired) electrons. The molecule has 7 heteroatoms. The molecule has 0 N–H and O–H groups in total. The number of hydrogen-bond donors (Lipinski definition) is 0. The van der Waals surface area contributed by atoms with Gasteiger partial charge in [-0.25, -0.2) is 0 Å². The van der Waals surface area contributed by atoms with Gasteiger partial charge in [0, 0.05) is 18.8 Å². The van der Waals surface area contributed by atoms with Crippen LogP contribution in [0.5, 0.6) is 0 Å². The molecule has 1 aromatic rings. The zero-order valence-corrected chi connectivity index (χ0v) is 25.1. The number of methoxy groups -OCH3 is 1. The van der Waals surface area contributed by atoms with Crippen LogP contribution in [0, 0.1) is 53.3 Å². The fourth-order valence-electron chi connectivity index (χ4n) is 9.54. The predicted octanol–water partition coefficient (Wildman–Crippen LogP) is 6.50. The molecule has 0 aromatic heterocycles. The van der Waals surface area contributed by atoms with Crippen LogP contribution in [0.2, 0.25) is 0 Å². The van der Waals surface area contributed by atoms with Crippen molar-refractivity contribution in [1.82, 2.24) is 0 Å². The van der Waals surface area contributed by atoms with E-state index in [1.807, 2.05) is 6.92 Å². The van der Waals surface area contributed by atoms with E-state index in [4.69, 9.17) is 8.92 Å². The van der Waals surface area contributed by atoms with Crippen molar-refractivity contribution in [1.29, 1.82) is 0 Å². The van der Waals surface area contributed by atoms with Gasteiger partial charge in [-0.2, -0.15) is 8.42 Å². The van der Waals surface area contributed by atoms with E-state index in [2.05, 4.69) is 20.8 Å². The summed E-state index contributed by atoms with van der Waals surface area (Å²) in [7, 11) is -2.38. The number of hydrogen-bond acceptors (Lipinski definition) is 6. The Labute approximate surface area is 234 Å². The summed E-state index contributed by atoms with van der Waals surface area (Å²) in [5.74, 6) is 2.25. The Hall–Kier alpha value is -1.73. The lowest BCUT2D eigenvalue weighted by Crippen LogP contribution is -2.57. The van der Waals surface area contributed by atoms with Gasteiger partial charge in [-0.05, 0) is 111 Å². The molecule has 0 aliphatic heterocycles. The van der Waals surface area contributed by atoms with Gasteiger partial charge < -0.3 is 4.74 Å². The number of benzene rings is 1. The maximum atomic E-state index is 13.9. The number of aryl methyl sites for hydroxylation is 1. The van der Waals surface area contributed by atoms with E-state index < -0.39 is 10.1 Å². The number of carbonyl (C=O) groups excluding carboxylic acids is 2. The number of Topliss-reactive ketones (excluding diaryl/α,β-unsaturated/α-hetero) is 1. The number of esters is 1. The fraction of sp³-hybridized carbons (Fsp3) is 0.750. The molecule has 39 heavy (non-hydrogen) atoms. The molecule has 0 spiro atoms. The Morgan fingerprint density at radius 2 is 1.69 bits per heavy atom. The third-order valence-electron chi connectivity index (χ3n) is 11.8. The Morgan fingerprint density at radius 1 is 1.03 bits per heavy atom. The van der Waals surface area contributed by atoms with Crippen molar-refractivity contribution in [2.24, 2.45) is 46.3 Å². The maximum absolute atomic E-state index is 13.9. The van der Waals surface area contributed by atoms with E-state index in [0.29, 0.717) is 55.1 Å². The first-order valence-electron chi connectivity index (χ1n) is 15.0. The maximum Gasteiger partial charge on any atom is 0.305 e. The molecule has 9 atom stereocenters. The minimum atomic E-state index is -3.83. The van der Waals surface area contributed by atoms with Crippen LogP contribution in [0.4, 0.5) is 0 Å². The highest BCUT2D eigenvalue weighted by Crippen LogP contribution is 2.67. The SMILES string of the molecule is COC(=O)CC[C@@H](C)[C@H]1CC[C@H]2[C@@H]3C(=O)C[C@@H]4C[C@H](OS(=O)(=O)c5ccc(C)cc5)CC[C@]4(C)[C@H]3CC[C@]12C. The molecule has 0 bridgehead atoms. The second-order valence-corrected chi connectivity index (χ2v) is 15.3. The van der Waals surface area contributed by atoms with Crippen LogP contribution in [0.1, 0.15) is 90.5 Å². The van der Waals surface area contributed by atoms with Crippen molar-refractivity contribution in [3.63, 3.8) is 0 Å². The van der Waals surface area contributed by atoms with Gasteiger partial charge in [-0.1, -0.05) is 38.5 Å². The molecule has 216 valence electrons. The topological polar surface area (TPSA) is 86.7 Å². The van der Waals surface area contributed by atoms with Crippen LogP contribution in [0.15, 0.2) is 29.2 Å². The number of fused-ring (bicyclic) bond motifs is 5. The summed E-state index contributed by atoms with van der Waals surface area (Å²) in [4.78, 5) is 25.8. The van der Waals surface area contributed by atoms with Crippen molar-refractivity contribution in [3.05, 3.63) is 29.8 Å². The van der Waals surface area contributed by atoms with Gasteiger partial charge in [0.15, 0.2) is 0 Å². The van der Waals surface area contributed by atoms with Gasteiger partial charge >= 0.3 is 5.97 Å². The quantitative estimate of drug-likeness (QED) is 0.281. The summed E-state index contributed by atoms with van der Waals surface area (Å²) in [6.07, 6.45) is 8.13. The summed E-state index contributed by atoms with van der Waals surface area (Å²) in [6, 6.07) is 6.80. The fourth-order valence-corrected chi connectivity index (χ4v) is 10.7. The molecule has 4 aliphatic carbocycles. The Bertz CT molecular complexity index is 1190. The van der Waals surface area contributed by atoms with Crippen molar-refractivity contribution >= 4 is 21.9 Å². The Kier molecular flexibility index (Phi) is 7.82. The van der Waals surface area contributed by atoms with E-state index in [1.54, 1.807) is 24.3 Å². The molecular weight excluding hydrogens is 512 g/mol. The minimum Gasteiger partial charge on any atom is -0.469 e. The number of rotatable bonds is 7. The summed E-state index contributed by atoms with van der Waals surface area (Å²) >= 11 is 0. The van der Waals surface area contributed by atoms with Crippen LogP contribution in [0.3, 0.4) is 0 Å². The van der Waals surface area contributed by atoms with E-state index >= 15 is 0 Å². The summed E-state index contributed by atoms with van der Waals surface area (Å²) in [5.41, 5.74) is 1.19. The summed E-state index contributed by atoms with van der Waals surface area (Å²) in [6.45, 7) is 9.00. The van der Waals surface area contributed by atoms with Gasteiger partial charge in [-0.3, -0.25) is 13.8 Å². The first-order chi connectivity index (χ1) is 18.4. The predicted molar refractivity (Wildman–Crippen MR) is 149 cm³/mol. The van der Waals surface area contributed by atoms with Crippen molar-refractivity contribution in [2.75, 3.05) is 7.11 Å². The third kappa shape index (κ3) is 5.11. The van der Waals surface area contributed by atoms with Gasteiger partial charge in [0.05, 0.1) is 18.1 Å². The highest BCUT2D eigenvalue weighted by atomic mass is 32.2. The average Bonchev–Trinajstić information content (AvgIpc) is 3.25. The number of carbonyl (C=O) groups is 2. The molecule has 5 rings (SSSR count). The summed E-state index contributed by atoms with van der Waals surface area (Å²) < 4.78 is 36.6. The lowest BCUT2D eigenvalue weighted by molar-refractivity contribution is -0.160. The molecule has 4 fully saturated rings. The van der Waals surface area contributed by atoms with E-state index in [1.165, 1.54) is 7.11 Å². The zero-order valence-electron chi connectivity index (χ0n) is 24.3. The van der Waals surface area contributed by atoms with Crippen LogP contribution < -0.4 is 0 Å². The normalized spacial score (nSPS) is 38.8. The molecule has 0 unspecified atom stereocenters. The van der Waals surface area contributed by atoms with E-state index in [0.717, 1.165) is 44.1 Å². The van der Waals surface area contributed by atoms with Gasteiger partial charge in [0.2, 0.25) is 0 Å². The van der Waals surface area contributed by atoms with E-state index in [-0.39, 0.29) is 39.6 Å². The molecule has 0 heterocycles. The molecule has 1 aromatic carbocycles. The second-order valence-electron chi connectivity index (χ2n) is 13.7. The van der Waals surface area contributed by atoms with Gasteiger partial charge in [0.1, 0.15) is 5.78 Å². The summed E-state index contributed by atoms with van der Waals surface area (Å²) in [5, 5.41) is 0. The first kappa shape index (κ1) is 28.8. The second kappa shape index (κ2) is 10.6. The standard InChI is InChI=1S/C32H46O6S/c1-20-6-9-24(10-7-20)39(35,36)38-23-14-16-31(3)22(18-23)19-28(33)30-26-12-11-25(21(2)8-13-29(34)37-5)32(26,4)17-15-27(30)31/h6-7,9-10,21-23,25-27,30H,8,11-19H2,1-5H3/t21-,22+,23-,25-,26+,27+,30+,31+,32-/m1/s1. The van der Waals surface area contributed by atoms with Crippen molar-refractivity contribution in [2.45, 2.75) is 103 Å². The third-order valence-corrected chi connectivity index (χ3v) is 13.2. The molecule has 0 saturated heterocycles. The molecule has 0 amide bonds. The lowest BCUT2D eigenvalue weighted by atomic mass is 9.44. The smallest absolute Gasteiger partial charge is 0.305 e. The van der Waals surface area contributed by atoms with Crippen LogP contribution in [-0.2, 0) is 28.6 Å². The molecule has 4 aliphatic rings. The van der Waals surface area contributed by atoms with Crippen LogP contribution in [-0.4, -0.2) is 33.4 Å².